The molecule has 27 heavy (non-hydrogen) atoms. The second-order valence-electron chi connectivity index (χ2n) is 6.36. The fourth-order valence-corrected chi connectivity index (χ4v) is 3.40. The Labute approximate surface area is 156 Å². The number of fused-ring (bicyclic) bond motifs is 2. The maximum absolute atomic E-state index is 5.53. The Hall–Kier alpha value is -3.66. The smallest absolute Gasteiger partial charge is 0.231 e. The molecule has 0 radical (unpaired) electrons. The number of ether oxygens (including phenoxy) is 2. The number of furan rings is 1. The van der Waals surface area contributed by atoms with E-state index in [9.17, 15) is 0 Å². The zero-order valence-corrected chi connectivity index (χ0v) is 14.6. The van der Waals surface area contributed by atoms with E-state index in [1.54, 1.807) is 6.26 Å². The van der Waals surface area contributed by atoms with Crippen molar-refractivity contribution in [2.24, 2.45) is 0 Å². The monoisotopic (exact) mass is 355 g/mol. The van der Waals surface area contributed by atoms with Gasteiger partial charge in [0.15, 0.2) is 11.5 Å². The SMILES string of the molecule is C=C(Nc1ccc(-c2ccc3c(c2)OCO3)c2ccccc12)c1ccco1. The van der Waals surface area contributed by atoms with Gasteiger partial charge in [-0.2, -0.15) is 0 Å². The van der Waals surface area contributed by atoms with E-state index in [0.717, 1.165) is 50.5 Å². The van der Waals surface area contributed by atoms with Gasteiger partial charge in [-0.05, 0) is 46.8 Å². The van der Waals surface area contributed by atoms with E-state index < -0.39 is 0 Å². The number of hydrogen-bond donors (Lipinski definition) is 1. The molecule has 0 unspecified atom stereocenters. The maximum Gasteiger partial charge on any atom is 0.231 e. The zero-order chi connectivity index (χ0) is 18.2. The lowest BCUT2D eigenvalue weighted by atomic mass is 9.96. The Morgan fingerprint density at radius 2 is 1.70 bits per heavy atom. The zero-order valence-electron chi connectivity index (χ0n) is 14.6. The van der Waals surface area contributed by atoms with Crippen LogP contribution in [0.25, 0.3) is 27.6 Å². The van der Waals surface area contributed by atoms with Gasteiger partial charge in [-0.3, -0.25) is 0 Å². The molecule has 1 N–H and O–H groups in total. The van der Waals surface area contributed by atoms with Gasteiger partial charge in [0.25, 0.3) is 0 Å². The van der Waals surface area contributed by atoms with Crippen molar-refractivity contribution in [1.82, 2.24) is 0 Å². The van der Waals surface area contributed by atoms with Crippen LogP contribution in [0, 0.1) is 0 Å². The highest BCUT2D eigenvalue weighted by atomic mass is 16.7. The van der Waals surface area contributed by atoms with Crippen molar-refractivity contribution in [3.63, 3.8) is 0 Å². The Balaban J connectivity index is 1.59. The van der Waals surface area contributed by atoms with E-state index in [1.807, 2.05) is 36.4 Å². The summed E-state index contributed by atoms with van der Waals surface area (Å²) in [6, 6.07) is 22.3. The number of rotatable bonds is 4. The molecule has 1 aromatic heterocycles. The van der Waals surface area contributed by atoms with Crippen molar-refractivity contribution >= 4 is 22.2 Å². The second kappa shape index (κ2) is 6.25. The summed E-state index contributed by atoms with van der Waals surface area (Å²) in [5, 5.41) is 5.63. The summed E-state index contributed by atoms with van der Waals surface area (Å²) in [7, 11) is 0. The van der Waals surface area contributed by atoms with Crippen molar-refractivity contribution in [2.45, 2.75) is 0 Å². The van der Waals surface area contributed by atoms with E-state index in [2.05, 4.69) is 42.2 Å². The molecule has 4 nitrogen and oxygen atoms in total. The fourth-order valence-electron chi connectivity index (χ4n) is 3.40. The van der Waals surface area contributed by atoms with Crippen LogP contribution in [0.15, 0.2) is 84.0 Å². The van der Waals surface area contributed by atoms with Crippen molar-refractivity contribution < 1.29 is 13.9 Å². The normalized spacial score (nSPS) is 12.3. The van der Waals surface area contributed by atoms with Gasteiger partial charge in [0.1, 0.15) is 5.76 Å². The predicted octanol–water partition coefficient (Wildman–Crippen LogP) is 5.91. The second-order valence-corrected chi connectivity index (χ2v) is 6.36. The van der Waals surface area contributed by atoms with Crippen LogP contribution >= 0.6 is 0 Å². The molecule has 1 aliphatic heterocycles. The van der Waals surface area contributed by atoms with Gasteiger partial charge < -0.3 is 19.2 Å². The molecule has 0 amide bonds. The summed E-state index contributed by atoms with van der Waals surface area (Å²) < 4.78 is 16.4. The van der Waals surface area contributed by atoms with Gasteiger partial charge in [0.2, 0.25) is 6.79 Å². The Kier molecular flexibility index (Phi) is 3.61. The summed E-state index contributed by atoms with van der Waals surface area (Å²) in [5.74, 6) is 2.29. The molecule has 2 heterocycles. The first kappa shape index (κ1) is 15.6. The van der Waals surface area contributed by atoms with E-state index >= 15 is 0 Å². The number of nitrogens with one attached hydrogen (secondary N) is 1. The molecule has 132 valence electrons. The lowest BCUT2D eigenvalue weighted by molar-refractivity contribution is 0.174. The number of benzene rings is 3. The van der Waals surface area contributed by atoms with Gasteiger partial charge in [-0.1, -0.05) is 43.0 Å². The summed E-state index contributed by atoms with van der Waals surface area (Å²) in [4.78, 5) is 0. The van der Waals surface area contributed by atoms with E-state index in [-0.39, 0.29) is 6.79 Å². The van der Waals surface area contributed by atoms with E-state index in [1.165, 1.54) is 0 Å². The van der Waals surface area contributed by atoms with Crippen LogP contribution in [0.5, 0.6) is 11.5 Å². The van der Waals surface area contributed by atoms with Crippen LogP contribution in [-0.2, 0) is 0 Å². The van der Waals surface area contributed by atoms with Crippen LogP contribution in [0.3, 0.4) is 0 Å². The van der Waals surface area contributed by atoms with Crippen molar-refractivity contribution in [3.8, 4) is 22.6 Å². The van der Waals surface area contributed by atoms with Gasteiger partial charge in [0, 0.05) is 11.1 Å². The van der Waals surface area contributed by atoms with Crippen molar-refractivity contribution in [2.75, 3.05) is 12.1 Å². The molecule has 3 aromatic carbocycles. The first-order chi connectivity index (χ1) is 13.3. The molecule has 0 aliphatic carbocycles. The molecule has 0 atom stereocenters. The first-order valence-electron chi connectivity index (χ1n) is 8.71. The molecular weight excluding hydrogens is 338 g/mol. The molecule has 1 aliphatic rings. The fraction of sp³-hybridized carbons (Fsp3) is 0.0435. The standard InChI is InChI=1S/C23H17NO3/c1-15(21-7-4-12-25-21)24-20-10-9-17(18-5-2-3-6-19(18)20)16-8-11-22-23(13-16)27-14-26-22/h2-13,24H,1,14H2. The highest BCUT2D eigenvalue weighted by Crippen LogP contribution is 2.39. The summed E-state index contributed by atoms with van der Waals surface area (Å²) in [6.45, 7) is 4.36. The Morgan fingerprint density at radius 1 is 0.852 bits per heavy atom. The quantitative estimate of drug-likeness (QED) is 0.494. The average molecular weight is 355 g/mol. The minimum Gasteiger partial charge on any atom is -0.463 e. The van der Waals surface area contributed by atoms with Gasteiger partial charge in [-0.25, -0.2) is 0 Å². The molecule has 5 rings (SSSR count). The number of anilines is 1. The summed E-state index contributed by atoms with van der Waals surface area (Å²) >= 11 is 0. The molecule has 0 saturated carbocycles. The van der Waals surface area contributed by atoms with Gasteiger partial charge in [-0.15, -0.1) is 0 Å². The van der Waals surface area contributed by atoms with Gasteiger partial charge in [0.05, 0.1) is 12.0 Å². The number of hydrogen-bond acceptors (Lipinski definition) is 4. The van der Waals surface area contributed by atoms with E-state index in [4.69, 9.17) is 13.9 Å². The molecule has 0 bridgehead atoms. The minimum absolute atomic E-state index is 0.275. The highest BCUT2D eigenvalue weighted by molar-refractivity contribution is 6.05. The molecule has 4 aromatic rings. The minimum atomic E-state index is 0.275. The summed E-state index contributed by atoms with van der Waals surface area (Å²) in [6.07, 6.45) is 1.64. The predicted molar refractivity (Wildman–Crippen MR) is 107 cm³/mol. The largest absolute Gasteiger partial charge is 0.463 e. The average Bonchev–Trinajstić information content (AvgIpc) is 3.39. The van der Waals surface area contributed by atoms with Crippen LogP contribution in [0.1, 0.15) is 5.76 Å². The molecule has 0 spiro atoms. The lowest BCUT2D eigenvalue weighted by Gasteiger charge is -2.14. The third-order valence-corrected chi connectivity index (χ3v) is 4.71. The molecular formula is C23H17NO3. The third kappa shape index (κ3) is 2.72. The summed E-state index contributed by atoms with van der Waals surface area (Å²) in [5.41, 5.74) is 3.93. The maximum atomic E-state index is 5.53. The lowest BCUT2D eigenvalue weighted by Crippen LogP contribution is -1.97. The molecule has 4 heteroatoms. The van der Waals surface area contributed by atoms with Crippen LogP contribution in [0.2, 0.25) is 0 Å². The van der Waals surface area contributed by atoms with Crippen LogP contribution < -0.4 is 14.8 Å². The highest BCUT2D eigenvalue weighted by Gasteiger charge is 2.15. The third-order valence-electron chi connectivity index (χ3n) is 4.71. The topological polar surface area (TPSA) is 43.6 Å². The van der Waals surface area contributed by atoms with E-state index in [0.29, 0.717) is 0 Å². The van der Waals surface area contributed by atoms with Crippen LogP contribution in [-0.4, -0.2) is 6.79 Å². The van der Waals surface area contributed by atoms with Crippen molar-refractivity contribution in [1.29, 1.82) is 0 Å². The first-order valence-corrected chi connectivity index (χ1v) is 8.71. The molecule has 0 fully saturated rings. The Bertz CT molecular complexity index is 1150. The van der Waals surface area contributed by atoms with Crippen molar-refractivity contribution in [3.05, 3.63) is 85.3 Å². The van der Waals surface area contributed by atoms with Gasteiger partial charge >= 0.3 is 0 Å². The Morgan fingerprint density at radius 3 is 2.56 bits per heavy atom. The molecule has 0 saturated heterocycles. The van der Waals surface area contributed by atoms with Crippen LogP contribution in [0.4, 0.5) is 5.69 Å².